The van der Waals surface area contributed by atoms with Gasteiger partial charge in [0.1, 0.15) is 0 Å². The van der Waals surface area contributed by atoms with E-state index in [0.29, 0.717) is 0 Å². The number of hydrogen-bond donors (Lipinski definition) is 1. The van der Waals surface area contributed by atoms with Crippen LogP contribution in [-0.2, 0) is 0 Å². The number of aryl methyl sites for hydroxylation is 2. The van der Waals surface area contributed by atoms with Crippen LogP contribution in [0.3, 0.4) is 0 Å². The fourth-order valence-corrected chi connectivity index (χ4v) is 3.91. The Kier molecular flexibility index (Phi) is 2.74. The van der Waals surface area contributed by atoms with Crippen LogP contribution in [0.25, 0.3) is 0 Å². The lowest BCUT2D eigenvalue weighted by molar-refractivity contribution is 0.480. The first kappa shape index (κ1) is 11.3. The van der Waals surface area contributed by atoms with Crippen LogP contribution in [0.5, 0.6) is 0 Å². The molecule has 2 N–H and O–H groups in total. The lowest BCUT2D eigenvalue weighted by Crippen LogP contribution is -2.15. The van der Waals surface area contributed by atoms with E-state index in [4.69, 9.17) is 5.73 Å². The third-order valence-corrected chi connectivity index (χ3v) is 4.93. The minimum Gasteiger partial charge on any atom is -0.324 e. The third kappa shape index (κ3) is 1.91. The summed E-state index contributed by atoms with van der Waals surface area (Å²) in [6.07, 6.45) is 5.70. The summed E-state index contributed by atoms with van der Waals surface area (Å²) in [6, 6.07) is 6.98. The van der Waals surface area contributed by atoms with Gasteiger partial charge in [-0.2, -0.15) is 0 Å². The van der Waals surface area contributed by atoms with E-state index >= 15 is 0 Å². The summed E-state index contributed by atoms with van der Waals surface area (Å²) in [5.74, 6) is 2.66. The highest BCUT2D eigenvalue weighted by Gasteiger charge is 2.53. The maximum Gasteiger partial charge on any atom is 0.0331 e. The first-order valence-corrected chi connectivity index (χ1v) is 7.01. The van der Waals surface area contributed by atoms with Crippen molar-refractivity contribution in [2.45, 2.75) is 45.6 Å². The Labute approximate surface area is 104 Å². The molecular weight excluding hydrogens is 206 g/mol. The summed E-state index contributed by atoms with van der Waals surface area (Å²) in [5.41, 5.74) is 10.6. The van der Waals surface area contributed by atoms with Crippen molar-refractivity contribution >= 4 is 0 Å². The van der Waals surface area contributed by atoms with Crippen LogP contribution >= 0.6 is 0 Å². The van der Waals surface area contributed by atoms with E-state index in [9.17, 15) is 0 Å². The number of fused-ring (bicyclic) bond motifs is 1. The molecule has 3 unspecified atom stereocenters. The first-order chi connectivity index (χ1) is 8.18. The molecule has 0 heterocycles. The first-order valence-electron chi connectivity index (χ1n) is 7.01. The molecule has 0 aliphatic heterocycles. The van der Waals surface area contributed by atoms with Gasteiger partial charge >= 0.3 is 0 Å². The fourth-order valence-electron chi connectivity index (χ4n) is 3.91. The Balaban J connectivity index is 1.82. The molecule has 0 spiro atoms. The van der Waals surface area contributed by atoms with Gasteiger partial charge in [-0.25, -0.2) is 0 Å². The minimum atomic E-state index is 0.281. The second-order valence-electron chi connectivity index (χ2n) is 6.08. The summed E-state index contributed by atoms with van der Waals surface area (Å²) in [4.78, 5) is 0. The smallest absolute Gasteiger partial charge is 0.0331 e. The highest BCUT2D eigenvalue weighted by molar-refractivity contribution is 5.34. The van der Waals surface area contributed by atoms with Crippen molar-refractivity contribution in [3.8, 4) is 0 Å². The van der Waals surface area contributed by atoms with Crippen molar-refractivity contribution in [1.82, 2.24) is 0 Å². The predicted octanol–water partition coefficient (Wildman–Crippen LogP) is 3.74. The molecule has 0 bridgehead atoms. The van der Waals surface area contributed by atoms with Crippen LogP contribution in [0.4, 0.5) is 0 Å². The Morgan fingerprint density at radius 3 is 2.41 bits per heavy atom. The van der Waals surface area contributed by atoms with Gasteiger partial charge in [0.25, 0.3) is 0 Å². The van der Waals surface area contributed by atoms with Crippen molar-refractivity contribution in [2.24, 2.45) is 23.5 Å². The number of nitrogens with two attached hydrogens (primary N) is 1. The molecule has 0 radical (unpaired) electrons. The zero-order valence-corrected chi connectivity index (χ0v) is 10.9. The quantitative estimate of drug-likeness (QED) is 0.821. The highest BCUT2D eigenvalue weighted by atomic mass is 14.7. The van der Waals surface area contributed by atoms with Crippen LogP contribution in [0.2, 0.25) is 0 Å². The van der Waals surface area contributed by atoms with E-state index in [-0.39, 0.29) is 6.04 Å². The average Bonchev–Trinajstić information content (AvgIpc) is 3.05. The topological polar surface area (TPSA) is 26.0 Å². The SMILES string of the molecule is Cc1ccc(C)c(C(N)C2C3CCCCC32)c1. The molecule has 2 saturated carbocycles. The van der Waals surface area contributed by atoms with E-state index in [1.807, 2.05) is 0 Å². The molecule has 92 valence electrons. The second-order valence-corrected chi connectivity index (χ2v) is 6.08. The summed E-state index contributed by atoms with van der Waals surface area (Å²) in [6.45, 7) is 4.36. The van der Waals surface area contributed by atoms with Crippen LogP contribution in [0, 0.1) is 31.6 Å². The van der Waals surface area contributed by atoms with Crippen molar-refractivity contribution in [3.63, 3.8) is 0 Å². The normalized spacial score (nSPS) is 33.0. The van der Waals surface area contributed by atoms with Crippen LogP contribution < -0.4 is 5.73 Å². The van der Waals surface area contributed by atoms with Crippen LogP contribution in [-0.4, -0.2) is 0 Å². The monoisotopic (exact) mass is 229 g/mol. The maximum absolute atomic E-state index is 6.53. The van der Waals surface area contributed by atoms with E-state index < -0.39 is 0 Å². The fraction of sp³-hybridized carbons (Fsp3) is 0.625. The zero-order valence-electron chi connectivity index (χ0n) is 10.9. The Hall–Kier alpha value is -0.820. The lowest BCUT2D eigenvalue weighted by atomic mass is 9.95. The summed E-state index contributed by atoms with van der Waals surface area (Å²) in [7, 11) is 0. The Morgan fingerprint density at radius 1 is 1.12 bits per heavy atom. The average molecular weight is 229 g/mol. The number of benzene rings is 1. The van der Waals surface area contributed by atoms with E-state index in [2.05, 4.69) is 32.0 Å². The van der Waals surface area contributed by atoms with Gasteiger partial charge in [-0.1, -0.05) is 36.6 Å². The number of hydrogen-bond acceptors (Lipinski definition) is 1. The van der Waals surface area contributed by atoms with Gasteiger partial charge < -0.3 is 5.73 Å². The van der Waals surface area contributed by atoms with Crippen molar-refractivity contribution < 1.29 is 0 Å². The van der Waals surface area contributed by atoms with Gasteiger partial charge in [-0.15, -0.1) is 0 Å². The molecule has 2 aliphatic rings. The zero-order chi connectivity index (χ0) is 12.0. The molecule has 2 fully saturated rings. The van der Waals surface area contributed by atoms with Gasteiger partial charge in [0.05, 0.1) is 0 Å². The standard InChI is InChI=1S/C16H23N/c1-10-7-8-11(2)14(9-10)16(17)15-12-5-3-4-6-13(12)15/h7-9,12-13,15-16H,3-6,17H2,1-2H3. The van der Waals surface area contributed by atoms with Gasteiger partial charge in [0.15, 0.2) is 0 Å². The van der Waals surface area contributed by atoms with E-state index in [1.54, 1.807) is 0 Å². The molecule has 1 nitrogen and oxygen atoms in total. The summed E-state index contributed by atoms with van der Waals surface area (Å²) < 4.78 is 0. The third-order valence-electron chi connectivity index (χ3n) is 4.93. The maximum atomic E-state index is 6.53. The molecule has 3 rings (SSSR count). The van der Waals surface area contributed by atoms with Crippen LogP contribution in [0.1, 0.15) is 48.4 Å². The Bertz CT molecular complexity index is 412. The Morgan fingerprint density at radius 2 is 1.76 bits per heavy atom. The van der Waals surface area contributed by atoms with E-state index in [1.165, 1.54) is 42.4 Å². The van der Waals surface area contributed by atoms with Gasteiger partial charge in [-0.3, -0.25) is 0 Å². The second kappa shape index (κ2) is 4.13. The van der Waals surface area contributed by atoms with Crippen molar-refractivity contribution in [3.05, 3.63) is 34.9 Å². The van der Waals surface area contributed by atoms with Gasteiger partial charge in [0, 0.05) is 6.04 Å². The largest absolute Gasteiger partial charge is 0.324 e. The summed E-state index contributed by atoms with van der Waals surface area (Å²) in [5, 5.41) is 0. The molecule has 1 heteroatoms. The van der Waals surface area contributed by atoms with Gasteiger partial charge in [-0.05, 0) is 55.6 Å². The molecule has 0 amide bonds. The highest BCUT2D eigenvalue weighted by Crippen LogP contribution is 2.59. The molecule has 3 atom stereocenters. The number of rotatable bonds is 2. The predicted molar refractivity (Wildman–Crippen MR) is 71.8 cm³/mol. The van der Waals surface area contributed by atoms with Crippen molar-refractivity contribution in [1.29, 1.82) is 0 Å². The van der Waals surface area contributed by atoms with Gasteiger partial charge in [0.2, 0.25) is 0 Å². The van der Waals surface area contributed by atoms with E-state index in [0.717, 1.165) is 17.8 Å². The molecule has 0 saturated heterocycles. The lowest BCUT2D eigenvalue weighted by Gasteiger charge is -2.16. The molecule has 1 aromatic rings. The minimum absolute atomic E-state index is 0.281. The molecular formula is C16H23N. The van der Waals surface area contributed by atoms with Crippen LogP contribution in [0.15, 0.2) is 18.2 Å². The van der Waals surface area contributed by atoms with Crippen molar-refractivity contribution in [2.75, 3.05) is 0 Å². The molecule has 2 aliphatic carbocycles. The molecule has 1 aromatic carbocycles. The summed E-state index contributed by atoms with van der Waals surface area (Å²) >= 11 is 0. The molecule has 17 heavy (non-hydrogen) atoms. The molecule has 0 aromatic heterocycles.